The van der Waals surface area contributed by atoms with Gasteiger partial charge in [-0.2, -0.15) is 0 Å². The molecule has 0 radical (unpaired) electrons. The van der Waals surface area contributed by atoms with E-state index in [0.717, 1.165) is 21.7 Å². The number of aromatic nitrogens is 4. The van der Waals surface area contributed by atoms with Crippen molar-refractivity contribution in [3.8, 4) is 22.8 Å². The normalized spacial score (nSPS) is 11.5. The van der Waals surface area contributed by atoms with Crippen molar-refractivity contribution < 1.29 is 9.84 Å². The van der Waals surface area contributed by atoms with Crippen LogP contribution in [0.2, 0.25) is 0 Å². The predicted molar refractivity (Wildman–Crippen MR) is 146 cm³/mol. The fourth-order valence-electron chi connectivity index (χ4n) is 3.74. The number of benzene rings is 1. The maximum absolute atomic E-state index is 13.5. The van der Waals surface area contributed by atoms with E-state index in [1.165, 1.54) is 0 Å². The molecule has 36 heavy (non-hydrogen) atoms. The molecule has 4 rings (SSSR count). The molecule has 0 aliphatic heterocycles. The zero-order chi connectivity index (χ0) is 26.0. The van der Waals surface area contributed by atoms with Crippen LogP contribution >= 0.6 is 27.7 Å². The predicted octanol–water partition coefficient (Wildman–Crippen LogP) is 5.60. The Bertz CT molecular complexity index is 1480. The molecule has 186 valence electrons. The van der Waals surface area contributed by atoms with Crippen molar-refractivity contribution in [3.05, 3.63) is 92.3 Å². The molecule has 0 amide bonds. The summed E-state index contributed by atoms with van der Waals surface area (Å²) in [5, 5.41) is 10.3. The minimum Gasteiger partial charge on any atom is -0.487 e. The van der Waals surface area contributed by atoms with Gasteiger partial charge in [0.25, 0.3) is 5.56 Å². The number of ether oxygens (including phenoxy) is 1. The van der Waals surface area contributed by atoms with Crippen LogP contribution in [0.25, 0.3) is 17.1 Å². The third-order valence-corrected chi connectivity index (χ3v) is 7.22. The second-order valence-electron chi connectivity index (χ2n) is 8.86. The molecule has 0 aliphatic rings. The first kappa shape index (κ1) is 26.1. The molecule has 1 N–H and O–H groups in total. The van der Waals surface area contributed by atoms with E-state index in [9.17, 15) is 9.90 Å². The fourth-order valence-corrected chi connectivity index (χ4v) is 4.81. The molecule has 3 heterocycles. The number of thioether (sulfide) groups is 1. The number of hydrogen-bond donors (Lipinski definition) is 1. The van der Waals surface area contributed by atoms with Crippen LogP contribution in [0.15, 0.2) is 69.0 Å². The number of hydrogen-bond acceptors (Lipinski definition) is 7. The molecule has 0 unspecified atom stereocenters. The summed E-state index contributed by atoms with van der Waals surface area (Å²) in [6, 6.07) is 13.4. The second-order valence-corrected chi connectivity index (χ2v) is 10.5. The van der Waals surface area contributed by atoms with Gasteiger partial charge in [0.05, 0.1) is 17.1 Å². The van der Waals surface area contributed by atoms with E-state index in [4.69, 9.17) is 4.74 Å². The van der Waals surface area contributed by atoms with Gasteiger partial charge in [-0.1, -0.05) is 12.1 Å². The van der Waals surface area contributed by atoms with Crippen molar-refractivity contribution in [1.82, 2.24) is 19.5 Å². The summed E-state index contributed by atoms with van der Waals surface area (Å²) in [6.45, 7) is 7.44. The molecular weight excluding hydrogens is 540 g/mol. The van der Waals surface area contributed by atoms with Gasteiger partial charge in [0.2, 0.25) is 0 Å². The maximum atomic E-state index is 13.5. The number of pyridine rings is 2. The first-order valence-corrected chi connectivity index (χ1v) is 13.3. The van der Waals surface area contributed by atoms with Gasteiger partial charge in [0.1, 0.15) is 22.4 Å². The highest BCUT2D eigenvalue weighted by Gasteiger charge is 2.21. The summed E-state index contributed by atoms with van der Waals surface area (Å²) in [5.74, 6) is 0.826. The Morgan fingerprint density at radius 3 is 2.56 bits per heavy atom. The lowest BCUT2D eigenvalue weighted by atomic mass is 10.1. The van der Waals surface area contributed by atoms with Crippen molar-refractivity contribution >= 4 is 27.7 Å². The Morgan fingerprint density at radius 2 is 1.83 bits per heavy atom. The van der Waals surface area contributed by atoms with Gasteiger partial charge in [0, 0.05) is 28.5 Å². The Labute approximate surface area is 222 Å². The molecule has 9 heteroatoms. The van der Waals surface area contributed by atoms with E-state index in [0.29, 0.717) is 39.7 Å². The van der Waals surface area contributed by atoms with Crippen LogP contribution in [0.3, 0.4) is 0 Å². The second kappa shape index (κ2) is 10.5. The Balaban J connectivity index is 1.71. The quantitative estimate of drug-likeness (QED) is 0.291. The smallest absolute Gasteiger partial charge is 0.273 e. The summed E-state index contributed by atoms with van der Waals surface area (Å²) in [4.78, 5) is 27.7. The highest BCUT2D eigenvalue weighted by molar-refractivity contribution is 9.10. The van der Waals surface area contributed by atoms with Gasteiger partial charge in [-0.25, -0.2) is 9.97 Å². The fraction of sp³-hybridized carbons (Fsp3) is 0.259. The topological polar surface area (TPSA) is 90.1 Å². The molecule has 0 spiro atoms. The lowest BCUT2D eigenvalue weighted by Gasteiger charge is -2.19. The first-order valence-electron chi connectivity index (χ1n) is 11.3. The number of nitrogens with zero attached hydrogens (tertiary/aromatic N) is 4. The molecule has 0 atom stereocenters. The Hall–Kier alpha value is -3.01. The minimum atomic E-state index is -1.18. The Morgan fingerprint density at radius 1 is 1.08 bits per heavy atom. The zero-order valence-corrected chi connectivity index (χ0v) is 23.1. The van der Waals surface area contributed by atoms with Crippen molar-refractivity contribution in [2.45, 2.75) is 44.8 Å². The SMILES string of the molecule is CSc1cccc(COc2c(C)c(C)n(-c3ccnc(-c4ccnc(C(C)(C)O)n4)c3)c(=O)c2Br)c1. The van der Waals surface area contributed by atoms with Gasteiger partial charge in [-0.05, 0) is 85.8 Å². The molecule has 4 aromatic rings. The third kappa shape index (κ3) is 5.38. The summed E-state index contributed by atoms with van der Waals surface area (Å²) < 4.78 is 8.11. The van der Waals surface area contributed by atoms with E-state index < -0.39 is 5.60 Å². The molecule has 0 saturated heterocycles. The molecule has 1 aromatic carbocycles. The van der Waals surface area contributed by atoms with Crippen molar-refractivity contribution in [1.29, 1.82) is 0 Å². The van der Waals surface area contributed by atoms with Crippen LogP contribution < -0.4 is 10.3 Å². The van der Waals surface area contributed by atoms with E-state index in [1.54, 1.807) is 60.8 Å². The van der Waals surface area contributed by atoms with Gasteiger partial charge in [-0.15, -0.1) is 11.8 Å². The number of aliphatic hydroxyl groups is 1. The summed E-state index contributed by atoms with van der Waals surface area (Å²) >= 11 is 5.16. The average molecular weight is 568 g/mol. The van der Waals surface area contributed by atoms with E-state index in [-0.39, 0.29) is 5.56 Å². The third-order valence-electron chi connectivity index (χ3n) is 5.79. The molecule has 3 aromatic heterocycles. The van der Waals surface area contributed by atoms with Crippen LogP contribution in [-0.4, -0.2) is 30.9 Å². The molecule has 0 saturated carbocycles. The van der Waals surface area contributed by atoms with Crippen molar-refractivity contribution in [3.63, 3.8) is 0 Å². The average Bonchev–Trinajstić information content (AvgIpc) is 2.87. The lowest BCUT2D eigenvalue weighted by Crippen LogP contribution is -2.24. The van der Waals surface area contributed by atoms with Crippen LogP contribution in [-0.2, 0) is 12.2 Å². The standard InChI is InChI=1S/C27H27BrN4O3S/c1-16-17(2)32(25(33)23(28)24(16)35-15-18-7-6-8-20(13-18)36-5)19-9-11-29-22(14-19)21-10-12-30-26(31-21)27(3,4)34/h6-14,34H,15H2,1-5H3. The summed E-state index contributed by atoms with van der Waals surface area (Å²) in [7, 11) is 0. The largest absolute Gasteiger partial charge is 0.487 e. The van der Waals surface area contributed by atoms with Gasteiger partial charge < -0.3 is 9.84 Å². The molecule has 0 aliphatic carbocycles. The van der Waals surface area contributed by atoms with Gasteiger partial charge in [0.15, 0.2) is 5.82 Å². The minimum absolute atomic E-state index is 0.233. The monoisotopic (exact) mass is 566 g/mol. The molecule has 0 bridgehead atoms. The van der Waals surface area contributed by atoms with Crippen molar-refractivity contribution in [2.75, 3.05) is 6.26 Å². The highest BCUT2D eigenvalue weighted by atomic mass is 79.9. The summed E-state index contributed by atoms with van der Waals surface area (Å²) in [5.41, 5.74) is 2.99. The molecule has 7 nitrogen and oxygen atoms in total. The number of halogens is 1. The van der Waals surface area contributed by atoms with Crippen LogP contribution in [0.5, 0.6) is 5.75 Å². The van der Waals surface area contributed by atoms with Crippen LogP contribution in [0.1, 0.15) is 36.5 Å². The van der Waals surface area contributed by atoms with Gasteiger partial charge >= 0.3 is 0 Å². The van der Waals surface area contributed by atoms with Crippen LogP contribution in [0, 0.1) is 13.8 Å². The Kier molecular flexibility index (Phi) is 7.63. The highest BCUT2D eigenvalue weighted by Crippen LogP contribution is 2.31. The zero-order valence-electron chi connectivity index (χ0n) is 20.7. The van der Waals surface area contributed by atoms with E-state index >= 15 is 0 Å². The summed E-state index contributed by atoms with van der Waals surface area (Å²) in [6.07, 6.45) is 5.25. The molecule has 0 fully saturated rings. The number of rotatable bonds is 7. The van der Waals surface area contributed by atoms with Crippen LogP contribution in [0.4, 0.5) is 0 Å². The maximum Gasteiger partial charge on any atom is 0.273 e. The van der Waals surface area contributed by atoms with E-state index in [2.05, 4.69) is 43.0 Å². The van der Waals surface area contributed by atoms with E-state index in [1.807, 2.05) is 32.2 Å². The first-order chi connectivity index (χ1) is 17.1. The molecular formula is C27H27BrN4O3S. The van der Waals surface area contributed by atoms with Crippen molar-refractivity contribution in [2.24, 2.45) is 0 Å². The lowest BCUT2D eigenvalue weighted by molar-refractivity contribution is 0.0688. The van der Waals surface area contributed by atoms with Gasteiger partial charge in [-0.3, -0.25) is 14.3 Å².